The van der Waals surface area contributed by atoms with E-state index in [0.717, 1.165) is 18.2 Å². The van der Waals surface area contributed by atoms with Gasteiger partial charge in [-0.3, -0.25) is 0 Å². The van der Waals surface area contributed by atoms with Crippen molar-refractivity contribution in [3.8, 4) is 5.88 Å². The first-order valence-corrected chi connectivity index (χ1v) is 6.20. The van der Waals surface area contributed by atoms with Gasteiger partial charge in [0.1, 0.15) is 11.6 Å². The molecule has 1 saturated carbocycles. The zero-order valence-corrected chi connectivity index (χ0v) is 10.1. The van der Waals surface area contributed by atoms with Gasteiger partial charge < -0.3 is 15.2 Å². The Morgan fingerprint density at radius 3 is 2.94 bits per heavy atom. The molecule has 1 fully saturated rings. The third kappa shape index (κ3) is 3.56. The lowest BCUT2D eigenvalue weighted by atomic mass is 10.4. The van der Waals surface area contributed by atoms with Crippen LogP contribution in [0.5, 0.6) is 5.88 Å². The van der Waals surface area contributed by atoms with Crippen molar-refractivity contribution in [3.05, 3.63) is 11.9 Å². The van der Waals surface area contributed by atoms with E-state index in [1.165, 1.54) is 12.8 Å². The van der Waals surface area contributed by atoms with Gasteiger partial charge in [-0.05, 0) is 19.8 Å². The molecule has 5 nitrogen and oxygen atoms in total. The lowest BCUT2D eigenvalue weighted by molar-refractivity contribution is 0.229. The maximum absolute atomic E-state index is 8.71. The molecule has 94 valence electrons. The van der Waals surface area contributed by atoms with Crippen LogP contribution < -0.4 is 10.1 Å². The summed E-state index contributed by atoms with van der Waals surface area (Å²) in [6.07, 6.45) is 2.97. The average molecular weight is 237 g/mol. The summed E-state index contributed by atoms with van der Waals surface area (Å²) in [7, 11) is 0. The fourth-order valence-electron chi connectivity index (χ4n) is 1.55. The van der Waals surface area contributed by atoms with Gasteiger partial charge in [0.25, 0.3) is 0 Å². The molecule has 0 aliphatic heterocycles. The molecule has 1 heterocycles. The van der Waals surface area contributed by atoms with Gasteiger partial charge in [-0.25, -0.2) is 4.98 Å². The van der Waals surface area contributed by atoms with E-state index in [2.05, 4.69) is 15.3 Å². The molecule has 0 aromatic carbocycles. The van der Waals surface area contributed by atoms with E-state index in [9.17, 15) is 0 Å². The Morgan fingerprint density at radius 2 is 2.29 bits per heavy atom. The first-order valence-electron chi connectivity index (χ1n) is 6.20. The molecular formula is C12H19N3O2. The Kier molecular flexibility index (Phi) is 4.14. The van der Waals surface area contributed by atoms with Crippen molar-refractivity contribution in [2.45, 2.75) is 32.1 Å². The van der Waals surface area contributed by atoms with E-state index in [1.54, 1.807) is 0 Å². The Bertz CT molecular complexity index is 367. The number of nitrogens with one attached hydrogen (secondary N) is 1. The summed E-state index contributed by atoms with van der Waals surface area (Å²) in [4.78, 5) is 8.86. The second-order valence-electron chi connectivity index (χ2n) is 4.18. The lowest BCUT2D eigenvalue weighted by Gasteiger charge is -2.09. The largest absolute Gasteiger partial charge is 0.477 e. The molecular weight excluding hydrogens is 218 g/mol. The minimum atomic E-state index is 0.140. The van der Waals surface area contributed by atoms with Crippen LogP contribution in [-0.2, 0) is 0 Å². The number of aliphatic hydroxyl groups excluding tert-OH is 1. The van der Waals surface area contributed by atoms with Crippen LogP contribution in [0.1, 0.15) is 37.9 Å². The van der Waals surface area contributed by atoms with Crippen molar-refractivity contribution in [2.24, 2.45) is 0 Å². The minimum absolute atomic E-state index is 0.140. The van der Waals surface area contributed by atoms with Crippen molar-refractivity contribution in [1.29, 1.82) is 0 Å². The topological polar surface area (TPSA) is 67.3 Å². The van der Waals surface area contributed by atoms with E-state index < -0.39 is 0 Å². The van der Waals surface area contributed by atoms with Gasteiger partial charge in [-0.2, -0.15) is 4.98 Å². The van der Waals surface area contributed by atoms with Gasteiger partial charge >= 0.3 is 0 Å². The molecule has 1 aliphatic rings. The molecule has 2 rings (SSSR count). The van der Waals surface area contributed by atoms with E-state index in [4.69, 9.17) is 9.84 Å². The highest BCUT2D eigenvalue weighted by Crippen LogP contribution is 2.39. The highest BCUT2D eigenvalue weighted by molar-refractivity contribution is 5.39. The van der Waals surface area contributed by atoms with Crippen molar-refractivity contribution in [3.63, 3.8) is 0 Å². The molecule has 0 radical (unpaired) electrons. The van der Waals surface area contributed by atoms with E-state index in [-0.39, 0.29) is 6.61 Å². The lowest BCUT2D eigenvalue weighted by Crippen LogP contribution is -2.07. The van der Waals surface area contributed by atoms with Crippen LogP contribution in [0.3, 0.4) is 0 Å². The molecule has 0 amide bonds. The molecule has 0 spiro atoms. The summed E-state index contributed by atoms with van der Waals surface area (Å²) in [5.74, 6) is 2.81. The number of rotatable bonds is 7. The van der Waals surface area contributed by atoms with E-state index in [0.29, 0.717) is 24.8 Å². The van der Waals surface area contributed by atoms with Gasteiger partial charge in [0.05, 0.1) is 6.61 Å². The van der Waals surface area contributed by atoms with E-state index >= 15 is 0 Å². The quantitative estimate of drug-likeness (QED) is 0.704. The summed E-state index contributed by atoms with van der Waals surface area (Å²) in [6.45, 7) is 3.49. The molecule has 1 aliphatic carbocycles. The van der Waals surface area contributed by atoms with Crippen molar-refractivity contribution < 1.29 is 9.84 Å². The van der Waals surface area contributed by atoms with Crippen LogP contribution in [0, 0.1) is 0 Å². The smallest absolute Gasteiger partial charge is 0.218 e. The highest BCUT2D eigenvalue weighted by atomic mass is 16.5. The summed E-state index contributed by atoms with van der Waals surface area (Å²) in [6, 6.07) is 1.81. The molecule has 0 saturated heterocycles. The monoisotopic (exact) mass is 237 g/mol. The molecule has 0 bridgehead atoms. The van der Waals surface area contributed by atoms with Crippen LogP contribution in [0.2, 0.25) is 0 Å². The second-order valence-corrected chi connectivity index (χ2v) is 4.18. The number of aliphatic hydroxyl groups is 1. The predicted octanol–water partition coefficient (Wildman–Crippen LogP) is 1.55. The molecule has 5 heteroatoms. The summed E-state index contributed by atoms with van der Waals surface area (Å²) < 4.78 is 5.50. The fraction of sp³-hybridized carbons (Fsp3) is 0.667. The second kappa shape index (κ2) is 5.82. The number of hydrogen-bond donors (Lipinski definition) is 2. The van der Waals surface area contributed by atoms with Gasteiger partial charge in [-0.1, -0.05) is 0 Å². The maximum Gasteiger partial charge on any atom is 0.218 e. The van der Waals surface area contributed by atoms with Gasteiger partial charge in [-0.15, -0.1) is 0 Å². The van der Waals surface area contributed by atoms with Crippen molar-refractivity contribution in [1.82, 2.24) is 9.97 Å². The third-order valence-electron chi connectivity index (χ3n) is 2.57. The maximum atomic E-state index is 8.71. The molecule has 1 aromatic rings. The molecule has 2 N–H and O–H groups in total. The van der Waals surface area contributed by atoms with Gasteiger partial charge in [0.15, 0.2) is 0 Å². The zero-order valence-electron chi connectivity index (χ0n) is 10.1. The molecule has 17 heavy (non-hydrogen) atoms. The molecule has 0 atom stereocenters. The Balaban J connectivity index is 2.06. The SMILES string of the molecule is CCNc1cc(OCCCO)nc(C2CC2)n1. The standard InChI is InChI=1S/C12H19N3O2/c1-2-13-10-8-11(17-7-3-6-16)15-12(14-10)9-4-5-9/h8-9,16H,2-7H2,1H3,(H,13,14,15). The average Bonchev–Trinajstić information content (AvgIpc) is 3.13. The number of hydrogen-bond acceptors (Lipinski definition) is 5. The highest BCUT2D eigenvalue weighted by Gasteiger charge is 2.27. The van der Waals surface area contributed by atoms with Crippen molar-refractivity contribution in [2.75, 3.05) is 25.1 Å². The number of anilines is 1. The molecule has 0 unspecified atom stereocenters. The summed E-state index contributed by atoms with van der Waals surface area (Å²) in [5.41, 5.74) is 0. The molecule has 1 aromatic heterocycles. The first kappa shape index (κ1) is 12.1. The van der Waals surface area contributed by atoms with Gasteiger partial charge in [0.2, 0.25) is 5.88 Å². The van der Waals surface area contributed by atoms with Crippen LogP contribution >= 0.6 is 0 Å². The zero-order chi connectivity index (χ0) is 12.1. The third-order valence-corrected chi connectivity index (χ3v) is 2.57. The van der Waals surface area contributed by atoms with Gasteiger partial charge in [0, 0.05) is 31.6 Å². The Labute approximate surface area is 101 Å². The number of aromatic nitrogens is 2. The minimum Gasteiger partial charge on any atom is -0.477 e. The van der Waals surface area contributed by atoms with Crippen LogP contribution in [0.4, 0.5) is 5.82 Å². The predicted molar refractivity (Wildman–Crippen MR) is 65.4 cm³/mol. The van der Waals surface area contributed by atoms with Crippen molar-refractivity contribution >= 4 is 5.82 Å². The Hall–Kier alpha value is -1.36. The van der Waals surface area contributed by atoms with E-state index in [1.807, 2.05) is 13.0 Å². The summed E-state index contributed by atoms with van der Waals surface area (Å²) >= 11 is 0. The Morgan fingerprint density at radius 1 is 1.47 bits per heavy atom. The van der Waals surface area contributed by atoms with Crippen LogP contribution in [0.25, 0.3) is 0 Å². The summed E-state index contributed by atoms with van der Waals surface area (Å²) in [5, 5.41) is 11.9. The number of nitrogens with zero attached hydrogens (tertiary/aromatic N) is 2. The number of ether oxygens (including phenoxy) is 1. The first-order chi connectivity index (χ1) is 8.33. The van der Waals surface area contributed by atoms with Crippen LogP contribution in [0.15, 0.2) is 6.07 Å². The fourth-order valence-corrected chi connectivity index (χ4v) is 1.55. The normalized spacial score (nSPS) is 14.7. The van der Waals surface area contributed by atoms with Crippen LogP contribution in [-0.4, -0.2) is 34.8 Å².